The van der Waals surface area contributed by atoms with Gasteiger partial charge in [0.1, 0.15) is 12.1 Å². The third-order valence-electron chi connectivity index (χ3n) is 3.62. The Hall–Kier alpha value is -3.56. The maximum Gasteiger partial charge on any atom is 0.328 e. The van der Waals surface area contributed by atoms with E-state index in [-0.39, 0.29) is 18.9 Å². The molecule has 3 aromatic heterocycles. The van der Waals surface area contributed by atoms with Crippen LogP contribution in [-0.2, 0) is 11.3 Å². The maximum absolute atomic E-state index is 12.1. The molecule has 0 fully saturated rings. The molecule has 3 heterocycles. The highest BCUT2D eigenvalue weighted by atomic mass is 16.2. The number of aryl methyl sites for hydroxylation is 3. The summed E-state index contributed by atoms with van der Waals surface area (Å²) in [6.07, 6.45) is 2.74. The lowest BCUT2D eigenvalue weighted by atomic mass is 10.3. The number of nitrogens with zero attached hydrogens (tertiary/aromatic N) is 5. The highest BCUT2D eigenvalue weighted by Crippen LogP contribution is 2.12. The highest BCUT2D eigenvalue weighted by molar-refractivity contribution is 5.89. The third kappa shape index (κ3) is 3.91. The maximum atomic E-state index is 12.1. The van der Waals surface area contributed by atoms with Crippen LogP contribution in [0.4, 0.5) is 5.82 Å². The molecule has 0 saturated carbocycles. The lowest BCUT2D eigenvalue weighted by Crippen LogP contribution is -2.29. The van der Waals surface area contributed by atoms with Gasteiger partial charge in [-0.15, -0.1) is 0 Å². The molecule has 2 N–H and O–H groups in total. The minimum atomic E-state index is -0.556. The molecule has 10 heteroatoms. The normalized spacial score (nSPS) is 10.7. The largest absolute Gasteiger partial charge is 0.328 e. The van der Waals surface area contributed by atoms with E-state index in [1.165, 1.54) is 23.2 Å². The van der Waals surface area contributed by atoms with Gasteiger partial charge in [-0.25, -0.2) is 19.4 Å². The van der Waals surface area contributed by atoms with Gasteiger partial charge in [0.15, 0.2) is 5.82 Å². The molecular weight excluding hydrogens is 338 g/mol. The van der Waals surface area contributed by atoms with Gasteiger partial charge in [0.25, 0.3) is 5.56 Å². The van der Waals surface area contributed by atoms with E-state index in [1.807, 2.05) is 19.9 Å². The fourth-order valence-corrected chi connectivity index (χ4v) is 2.44. The lowest BCUT2D eigenvalue weighted by Gasteiger charge is -2.08. The van der Waals surface area contributed by atoms with E-state index in [0.717, 1.165) is 11.4 Å². The number of hydrogen-bond donors (Lipinski definition) is 2. The van der Waals surface area contributed by atoms with E-state index in [0.29, 0.717) is 11.6 Å². The van der Waals surface area contributed by atoms with E-state index in [9.17, 15) is 14.4 Å². The van der Waals surface area contributed by atoms with Crippen LogP contribution in [0.5, 0.6) is 0 Å². The summed E-state index contributed by atoms with van der Waals surface area (Å²) in [5, 5.41) is 7.00. The molecule has 0 aliphatic carbocycles. The molecule has 0 unspecified atom stereocenters. The van der Waals surface area contributed by atoms with Crippen molar-refractivity contribution in [1.29, 1.82) is 0 Å². The van der Waals surface area contributed by atoms with E-state index in [1.54, 1.807) is 10.7 Å². The van der Waals surface area contributed by atoms with Gasteiger partial charge in [-0.1, -0.05) is 0 Å². The summed E-state index contributed by atoms with van der Waals surface area (Å²) in [5.41, 5.74) is 0.737. The van der Waals surface area contributed by atoms with Crippen molar-refractivity contribution in [1.82, 2.24) is 29.3 Å². The summed E-state index contributed by atoms with van der Waals surface area (Å²) in [6.45, 7) is 3.92. The molecule has 0 atom stereocenters. The van der Waals surface area contributed by atoms with Crippen molar-refractivity contribution in [2.45, 2.75) is 26.8 Å². The molecular formula is C16H17N7O3. The molecule has 26 heavy (non-hydrogen) atoms. The minimum absolute atomic E-state index is 0.0468. The standard InChI is InChI=1S/C16H17N7O3/c1-10-7-11(2)23(21-10)13-8-12(17-9-18-13)19-14(24)3-5-22-6-4-15(25)20-16(22)26/h4,6-9H,3,5H2,1-2H3,(H,20,25,26)(H,17,18,19,24). The summed E-state index contributed by atoms with van der Waals surface area (Å²) in [5.74, 6) is 0.556. The number of H-pyrrole nitrogens is 1. The number of anilines is 1. The fourth-order valence-electron chi connectivity index (χ4n) is 2.44. The SMILES string of the molecule is Cc1cc(C)n(-c2cc(NC(=O)CCn3ccc(=O)[nH]c3=O)ncn2)n1. The average Bonchev–Trinajstić information content (AvgIpc) is 2.93. The Morgan fingerprint density at radius 1 is 1.23 bits per heavy atom. The van der Waals surface area contributed by atoms with Gasteiger partial charge in [-0.05, 0) is 19.9 Å². The number of rotatable bonds is 5. The summed E-state index contributed by atoms with van der Waals surface area (Å²) in [4.78, 5) is 45.0. The summed E-state index contributed by atoms with van der Waals surface area (Å²) in [7, 11) is 0. The summed E-state index contributed by atoms with van der Waals surface area (Å²) in [6, 6.07) is 4.76. The Labute approximate surface area is 147 Å². The number of amides is 1. The first-order valence-electron chi connectivity index (χ1n) is 7.88. The molecule has 0 aliphatic rings. The van der Waals surface area contributed by atoms with Crippen LogP contribution in [0.1, 0.15) is 17.8 Å². The van der Waals surface area contributed by atoms with Crippen LogP contribution in [0.3, 0.4) is 0 Å². The molecule has 3 rings (SSSR count). The number of aromatic nitrogens is 6. The molecule has 10 nitrogen and oxygen atoms in total. The Morgan fingerprint density at radius 2 is 2.04 bits per heavy atom. The van der Waals surface area contributed by atoms with Crippen molar-refractivity contribution in [3.05, 3.63) is 62.9 Å². The number of carbonyl (C=O) groups is 1. The molecule has 0 spiro atoms. The van der Waals surface area contributed by atoms with Crippen molar-refractivity contribution in [3.8, 4) is 5.82 Å². The first kappa shape index (κ1) is 17.3. The van der Waals surface area contributed by atoms with E-state index < -0.39 is 11.2 Å². The van der Waals surface area contributed by atoms with Crippen molar-refractivity contribution >= 4 is 11.7 Å². The summed E-state index contributed by atoms with van der Waals surface area (Å²) >= 11 is 0. The Morgan fingerprint density at radius 3 is 2.73 bits per heavy atom. The van der Waals surface area contributed by atoms with Crippen LogP contribution >= 0.6 is 0 Å². The Balaban J connectivity index is 1.68. The molecule has 134 valence electrons. The second-order valence-corrected chi connectivity index (χ2v) is 5.70. The smallest absolute Gasteiger partial charge is 0.310 e. The quantitative estimate of drug-likeness (QED) is 0.671. The van der Waals surface area contributed by atoms with Crippen LogP contribution in [0.25, 0.3) is 5.82 Å². The van der Waals surface area contributed by atoms with Gasteiger partial charge in [0.05, 0.1) is 5.69 Å². The lowest BCUT2D eigenvalue weighted by molar-refractivity contribution is -0.116. The molecule has 3 aromatic rings. The molecule has 0 aromatic carbocycles. The summed E-state index contributed by atoms with van der Waals surface area (Å²) < 4.78 is 2.91. The Bertz CT molecular complexity index is 1060. The molecule has 1 amide bonds. The topological polar surface area (TPSA) is 128 Å². The van der Waals surface area contributed by atoms with E-state index in [2.05, 4.69) is 25.4 Å². The molecule has 0 radical (unpaired) electrons. The van der Waals surface area contributed by atoms with Gasteiger partial charge < -0.3 is 9.88 Å². The van der Waals surface area contributed by atoms with E-state index in [4.69, 9.17) is 0 Å². The van der Waals surface area contributed by atoms with Gasteiger partial charge in [-0.3, -0.25) is 14.6 Å². The van der Waals surface area contributed by atoms with Gasteiger partial charge in [0, 0.05) is 37.0 Å². The number of nitrogens with one attached hydrogen (secondary N) is 2. The number of aromatic amines is 1. The van der Waals surface area contributed by atoms with Crippen molar-refractivity contribution in [3.63, 3.8) is 0 Å². The van der Waals surface area contributed by atoms with Crippen LogP contribution in [0.15, 0.2) is 40.3 Å². The minimum Gasteiger partial charge on any atom is -0.310 e. The van der Waals surface area contributed by atoms with Crippen LogP contribution < -0.4 is 16.6 Å². The van der Waals surface area contributed by atoms with Crippen molar-refractivity contribution in [2.24, 2.45) is 0 Å². The van der Waals surface area contributed by atoms with E-state index >= 15 is 0 Å². The second kappa shape index (κ2) is 7.13. The van der Waals surface area contributed by atoms with Crippen molar-refractivity contribution in [2.75, 3.05) is 5.32 Å². The van der Waals surface area contributed by atoms with Crippen LogP contribution in [0, 0.1) is 13.8 Å². The Kier molecular flexibility index (Phi) is 4.74. The van der Waals surface area contributed by atoms with Crippen LogP contribution in [0.2, 0.25) is 0 Å². The second-order valence-electron chi connectivity index (χ2n) is 5.70. The molecule has 0 aliphatic heterocycles. The first-order chi connectivity index (χ1) is 12.4. The average molecular weight is 355 g/mol. The fraction of sp³-hybridized carbons (Fsp3) is 0.250. The zero-order valence-electron chi connectivity index (χ0n) is 14.3. The zero-order valence-corrected chi connectivity index (χ0v) is 14.3. The zero-order chi connectivity index (χ0) is 18.7. The third-order valence-corrected chi connectivity index (χ3v) is 3.62. The first-order valence-corrected chi connectivity index (χ1v) is 7.88. The molecule has 0 saturated heterocycles. The number of hydrogen-bond acceptors (Lipinski definition) is 6. The predicted octanol–water partition coefficient (Wildman–Crippen LogP) is 0.158. The highest BCUT2D eigenvalue weighted by Gasteiger charge is 2.09. The molecule has 0 bridgehead atoms. The van der Waals surface area contributed by atoms with Gasteiger partial charge in [0.2, 0.25) is 5.91 Å². The number of carbonyl (C=O) groups excluding carboxylic acids is 1. The van der Waals surface area contributed by atoms with Crippen molar-refractivity contribution < 1.29 is 4.79 Å². The van der Waals surface area contributed by atoms with Gasteiger partial charge in [-0.2, -0.15) is 5.10 Å². The predicted molar refractivity (Wildman–Crippen MR) is 93.2 cm³/mol. The van der Waals surface area contributed by atoms with Crippen LogP contribution in [-0.4, -0.2) is 35.2 Å². The van der Waals surface area contributed by atoms with Gasteiger partial charge >= 0.3 is 5.69 Å². The monoisotopic (exact) mass is 355 g/mol.